The first-order valence-electron chi connectivity index (χ1n) is 7.29. The molecule has 0 rings (SSSR count). The van der Waals surface area contributed by atoms with Crippen LogP contribution in [-0.2, 0) is 0 Å². The van der Waals surface area contributed by atoms with Gasteiger partial charge in [0.25, 0.3) is 0 Å². The van der Waals surface area contributed by atoms with Crippen molar-refractivity contribution in [1.82, 2.24) is 4.90 Å². The van der Waals surface area contributed by atoms with E-state index < -0.39 is 0 Å². The summed E-state index contributed by atoms with van der Waals surface area (Å²) in [5.74, 6) is 0. The maximum Gasteiger partial charge on any atom is 0.0443 e. The van der Waals surface area contributed by atoms with E-state index in [2.05, 4.69) is 11.8 Å². The molecule has 0 amide bonds. The van der Waals surface area contributed by atoms with Crippen LogP contribution in [0.25, 0.3) is 0 Å². The Hall–Kier alpha value is -0.120. The second kappa shape index (κ2) is 13.9. The van der Waals surface area contributed by atoms with Gasteiger partial charge in [-0.3, -0.25) is 0 Å². The number of aliphatic hydroxyl groups excluding tert-OH is 2. The lowest BCUT2D eigenvalue weighted by Gasteiger charge is -2.21. The van der Waals surface area contributed by atoms with Gasteiger partial charge in [0.05, 0.1) is 0 Å². The highest BCUT2D eigenvalue weighted by Crippen LogP contribution is 2.04. The number of hydrogen-bond acceptors (Lipinski definition) is 3. The average molecular weight is 245 g/mol. The lowest BCUT2D eigenvalue weighted by molar-refractivity contribution is 0.214. The van der Waals surface area contributed by atoms with Gasteiger partial charge < -0.3 is 15.1 Å². The molecular weight excluding hydrogens is 214 g/mol. The van der Waals surface area contributed by atoms with Gasteiger partial charge >= 0.3 is 0 Å². The van der Waals surface area contributed by atoms with Crippen molar-refractivity contribution in [3.63, 3.8) is 0 Å². The van der Waals surface area contributed by atoms with Gasteiger partial charge in [0.15, 0.2) is 0 Å². The summed E-state index contributed by atoms with van der Waals surface area (Å²) in [5, 5.41) is 17.6. The molecule has 0 aromatic rings. The van der Waals surface area contributed by atoms with Crippen molar-refractivity contribution in [3.8, 4) is 0 Å². The first-order valence-corrected chi connectivity index (χ1v) is 7.29. The molecule has 0 atom stereocenters. The zero-order valence-electron chi connectivity index (χ0n) is 11.5. The Bertz CT molecular complexity index is 130. The monoisotopic (exact) mass is 245 g/mol. The van der Waals surface area contributed by atoms with Crippen molar-refractivity contribution in [2.75, 3.05) is 32.8 Å². The lowest BCUT2D eigenvalue weighted by atomic mass is 10.2. The highest BCUT2D eigenvalue weighted by molar-refractivity contribution is 4.59. The highest BCUT2D eigenvalue weighted by Gasteiger charge is 2.03. The van der Waals surface area contributed by atoms with Gasteiger partial charge in [-0.25, -0.2) is 0 Å². The molecule has 0 aliphatic rings. The van der Waals surface area contributed by atoms with Crippen LogP contribution in [0.2, 0.25) is 0 Å². The summed E-state index contributed by atoms with van der Waals surface area (Å²) in [6.07, 6.45) is 9.30. The summed E-state index contributed by atoms with van der Waals surface area (Å²) in [7, 11) is 0. The van der Waals surface area contributed by atoms with Crippen LogP contribution in [0, 0.1) is 0 Å². The fraction of sp³-hybridized carbons (Fsp3) is 1.00. The molecule has 0 aromatic heterocycles. The van der Waals surface area contributed by atoms with Crippen molar-refractivity contribution in [1.29, 1.82) is 0 Å². The maximum atomic E-state index is 8.87. The zero-order valence-corrected chi connectivity index (χ0v) is 11.5. The first-order chi connectivity index (χ1) is 8.35. The minimum atomic E-state index is 0.294. The smallest absolute Gasteiger partial charge is 0.0443 e. The molecule has 3 heteroatoms. The topological polar surface area (TPSA) is 43.7 Å². The molecule has 0 aliphatic carbocycles. The second-order valence-electron chi connectivity index (χ2n) is 4.76. The van der Waals surface area contributed by atoms with Crippen LogP contribution in [0.3, 0.4) is 0 Å². The van der Waals surface area contributed by atoms with Crippen LogP contribution in [0.1, 0.15) is 58.3 Å². The SMILES string of the molecule is CCCCCCN(CCCO)CCCCCO. The Labute approximate surface area is 107 Å². The molecule has 0 heterocycles. The molecule has 17 heavy (non-hydrogen) atoms. The second-order valence-corrected chi connectivity index (χ2v) is 4.76. The molecule has 0 saturated heterocycles. The largest absolute Gasteiger partial charge is 0.396 e. The summed E-state index contributed by atoms with van der Waals surface area (Å²) in [4.78, 5) is 2.46. The summed E-state index contributed by atoms with van der Waals surface area (Å²) in [6.45, 7) is 6.14. The molecular formula is C14H31NO2. The van der Waals surface area contributed by atoms with Crippen molar-refractivity contribution in [2.45, 2.75) is 58.3 Å². The normalized spacial score (nSPS) is 11.3. The summed E-state index contributed by atoms with van der Waals surface area (Å²) >= 11 is 0. The molecule has 0 aromatic carbocycles. The van der Waals surface area contributed by atoms with Crippen molar-refractivity contribution < 1.29 is 10.2 Å². The molecule has 3 nitrogen and oxygen atoms in total. The Kier molecular flexibility index (Phi) is 13.8. The molecule has 0 saturated carbocycles. The Morgan fingerprint density at radius 3 is 1.71 bits per heavy atom. The van der Waals surface area contributed by atoms with Crippen LogP contribution in [0.4, 0.5) is 0 Å². The fourth-order valence-corrected chi connectivity index (χ4v) is 2.02. The minimum Gasteiger partial charge on any atom is -0.396 e. The van der Waals surface area contributed by atoms with E-state index in [0.29, 0.717) is 13.2 Å². The Morgan fingerprint density at radius 1 is 0.647 bits per heavy atom. The predicted molar refractivity (Wildman–Crippen MR) is 73.2 cm³/mol. The number of unbranched alkanes of at least 4 members (excludes halogenated alkanes) is 5. The Balaban J connectivity index is 3.56. The number of hydrogen-bond donors (Lipinski definition) is 2. The van der Waals surface area contributed by atoms with Crippen LogP contribution in [0.15, 0.2) is 0 Å². The van der Waals surface area contributed by atoms with Crippen LogP contribution < -0.4 is 0 Å². The summed E-state index contributed by atoms with van der Waals surface area (Å²) < 4.78 is 0. The molecule has 0 radical (unpaired) electrons. The van der Waals surface area contributed by atoms with Gasteiger partial charge in [0.1, 0.15) is 0 Å². The quantitative estimate of drug-likeness (QED) is 0.490. The van der Waals surface area contributed by atoms with E-state index in [-0.39, 0.29) is 0 Å². The van der Waals surface area contributed by atoms with E-state index in [1.165, 1.54) is 38.6 Å². The third kappa shape index (κ3) is 12.1. The average Bonchev–Trinajstić information content (AvgIpc) is 2.35. The molecule has 0 aliphatic heterocycles. The van der Waals surface area contributed by atoms with E-state index in [9.17, 15) is 0 Å². The maximum absolute atomic E-state index is 8.87. The van der Waals surface area contributed by atoms with Gasteiger partial charge in [-0.2, -0.15) is 0 Å². The molecule has 0 bridgehead atoms. The number of rotatable bonds is 13. The van der Waals surface area contributed by atoms with Gasteiger partial charge in [-0.15, -0.1) is 0 Å². The molecule has 2 N–H and O–H groups in total. The van der Waals surface area contributed by atoms with Crippen molar-refractivity contribution >= 4 is 0 Å². The van der Waals surface area contributed by atoms with E-state index in [1.807, 2.05) is 0 Å². The summed E-state index contributed by atoms with van der Waals surface area (Å²) in [6, 6.07) is 0. The van der Waals surface area contributed by atoms with Crippen LogP contribution >= 0.6 is 0 Å². The van der Waals surface area contributed by atoms with Gasteiger partial charge in [0.2, 0.25) is 0 Å². The number of aliphatic hydroxyl groups is 2. The third-order valence-corrected chi connectivity index (χ3v) is 3.09. The predicted octanol–water partition coefficient (Wildman–Crippen LogP) is 2.41. The standard InChI is InChI=1S/C14H31NO2/c1-2-3-4-6-10-15(12-9-14-17)11-7-5-8-13-16/h16-17H,2-14H2,1H3. The lowest BCUT2D eigenvalue weighted by Crippen LogP contribution is -2.28. The van der Waals surface area contributed by atoms with E-state index in [0.717, 1.165) is 32.4 Å². The van der Waals surface area contributed by atoms with Gasteiger partial charge in [-0.05, 0) is 45.2 Å². The molecule has 0 spiro atoms. The summed E-state index contributed by atoms with van der Waals surface area (Å²) in [5.41, 5.74) is 0. The molecule has 0 unspecified atom stereocenters. The fourth-order valence-electron chi connectivity index (χ4n) is 2.02. The van der Waals surface area contributed by atoms with Gasteiger partial charge in [0, 0.05) is 19.8 Å². The van der Waals surface area contributed by atoms with E-state index in [4.69, 9.17) is 10.2 Å². The highest BCUT2D eigenvalue weighted by atomic mass is 16.3. The van der Waals surface area contributed by atoms with Crippen molar-refractivity contribution in [2.24, 2.45) is 0 Å². The number of nitrogens with zero attached hydrogens (tertiary/aromatic N) is 1. The third-order valence-electron chi connectivity index (χ3n) is 3.09. The van der Waals surface area contributed by atoms with Crippen LogP contribution in [-0.4, -0.2) is 48.0 Å². The molecule has 0 fully saturated rings. The Morgan fingerprint density at radius 2 is 1.18 bits per heavy atom. The van der Waals surface area contributed by atoms with E-state index in [1.54, 1.807) is 0 Å². The van der Waals surface area contributed by atoms with Crippen molar-refractivity contribution in [3.05, 3.63) is 0 Å². The van der Waals surface area contributed by atoms with Gasteiger partial charge in [-0.1, -0.05) is 26.2 Å². The van der Waals surface area contributed by atoms with E-state index >= 15 is 0 Å². The molecule has 104 valence electrons. The zero-order chi connectivity index (χ0) is 12.8. The van der Waals surface area contributed by atoms with Crippen LogP contribution in [0.5, 0.6) is 0 Å². The first kappa shape index (κ1) is 16.9. The minimum absolute atomic E-state index is 0.294.